The fraction of sp³-hybridized carbons (Fsp3) is 1.00. The van der Waals surface area contributed by atoms with Gasteiger partial charge in [-0.3, -0.25) is 0 Å². The molecule has 0 spiro atoms. The van der Waals surface area contributed by atoms with E-state index in [-0.39, 0.29) is 5.75 Å². The SMILES string of the molecule is CCCC1CCC(NC)C(CCCS(=O)(=O)CC)C1. The highest BCUT2D eigenvalue weighted by atomic mass is 32.2. The second kappa shape index (κ2) is 8.25. The Morgan fingerprint density at radius 1 is 1.16 bits per heavy atom. The number of nitrogens with one attached hydrogen (secondary N) is 1. The zero-order valence-corrected chi connectivity index (χ0v) is 13.6. The van der Waals surface area contributed by atoms with Crippen LogP contribution in [0.2, 0.25) is 0 Å². The average Bonchev–Trinajstić information content (AvgIpc) is 2.39. The van der Waals surface area contributed by atoms with Crippen molar-refractivity contribution >= 4 is 9.84 Å². The van der Waals surface area contributed by atoms with Crippen LogP contribution in [-0.4, -0.2) is 33.0 Å². The molecule has 0 saturated heterocycles. The van der Waals surface area contributed by atoms with Crippen molar-refractivity contribution < 1.29 is 8.42 Å². The molecule has 114 valence electrons. The zero-order valence-electron chi connectivity index (χ0n) is 12.8. The predicted molar refractivity (Wildman–Crippen MR) is 82.1 cm³/mol. The van der Waals surface area contributed by atoms with E-state index < -0.39 is 9.84 Å². The van der Waals surface area contributed by atoms with Crippen molar-refractivity contribution in [3.63, 3.8) is 0 Å². The first-order chi connectivity index (χ1) is 9.02. The quantitative estimate of drug-likeness (QED) is 0.747. The van der Waals surface area contributed by atoms with E-state index in [1.165, 1.54) is 32.1 Å². The van der Waals surface area contributed by atoms with Crippen molar-refractivity contribution in [2.45, 2.75) is 64.8 Å². The molecule has 1 aliphatic rings. The van der Waals surface area contributed by atoms with Crippen LogP contribution in [0.3, 0.4) is 0 Å². The molecule has 1 N–H and O–H groups in total. The van der Waals surface area contributed by atoms with Crippen LogP contribution in [0.1, 0.15) is 58.8 Å². The third kappa shape index (κ3) is 5.82. The van der Waals surface area contributed by atoms with Crippen LogP contribution >= 0.6 is 0 Å². The van der Waals surface area contributed by atoms with Crippen molar-refractivity contribution in [1.82, 2.24) is 5.32 Å². The number of rotatable bonds is 8. The van der Waals surface area contributed by atoms with Gasteiger partial charge in [-0.15, -0.1) is 0 Å². The minimum absolute atomic E-state index is 0.283. The summed E-state index contributed by atoms with van der Waals surface area (Å²) >= 11 is 0. The summed E-state index contributed by atoms with van der Waals surface area (Å²) < 4.78 is 23.1. The van der Waals surface area contributed by atoms with Crippen LogP contribution in [0.25, 0.3) is 0 Å². The highest BCUT2D eigenvalue weighted by Crippen LogP contribution is 2.34. The van der Waals surface area contributed by atoms with Crippen LogP contribution in [-0.2, 0) is 9.84 Å². The van der Waals surface area contributed by atoms with Gasteiger partial charge in [0.25, 0.3) is 0 Å². The summed E-state index contributed by atoms with van der Waals surface area (Å²) in [5.41, 5.74) is 0. The Morgan fingerprint density at radius 2 is 1.89 bits per heavy atom. The van der Waals surface area contributed by atoms with Crippen LogP contribution in [0.5, 0.6) is 0 Å². The second-order valence-corrected chi connectivity index (χ2v) is 8.47. The molecule has 0 aliphatic heterocycles. The molecule has 0 aromatic rings. The minimum Gasteiger partial charge on any atom is -0.317 e. The van der Waals surface area contributed by atoms with Gasteiger partial charge < -0.3 is 5.32 Å². The van der Waals surface area contributed by atoms with Crippen LogP contribution < -0.4 is 5.32 Å². The van der Waals surface area contributed by atoms with E-state index in [1.807, 2.05) is 7.05 Å². The third-order valence-corrected chi connectivity index (χ3v) is 6.42. The summed E-state index contributed by atoms with van der Waals surface area (Å²) in [5.74, 6) is 2.19. The molecule has 4 heteroatoms. The summed E-state index contributed by atoms with van der Waals surface area (Å²) in [7, 11) is -0.746. The highest BCUT2D eigenvalue weighted by molar-refractivity contribution is 7.91. The van der Waals surface area contributed by atoms with E-state index in [4.69, 9.17) is 0 Å². The van der Waals surface area contributed by atoms with Gasteiger partial charge >= 0.3 is 0 Å². The monoisotopic (exact) mass is 289 g/mol. The standard InChI is InChI=1S/C15H31NO2S/c1-4-7-13-9-10-15(16-3)14(12-13)8-6-11-19(17,18)5-2/h13-16H,4-12H2,1-3H3. The Kier molecular flexibility index (Phi) is 7.37. The van der Waals surface area contributed by atoms with E-state index >= 15 is 0 Å². The summed E-state index contributed by atoms with van der Waals surface area (Å²) in [5, 5.41) is 3.43. The van der Waals surface area contributed by atoms with E-state index in [0.717, 1.165) is 18.8 Å². The lowest BCUT2D eigenvalue weighted by atomic mass is 9.74. The number of hydrogen-bond acceptors (Lipinski definition) is 3. The molecule has 19 heavy (non-hydrogen) atoms. The lowest BCUT2D eigenvalue weighted by Gasteiger charge is -2.36. The number of hydrogen-bond donors (Lipinski definition) is 1. The lowest BCUT2D eigenvalue weighted by Crippen LogP contribution is -2.38. The molecule has 3 atom stereocenters. The maximum atomic E-state index is 11.5. The topological polar surface area (TPSA) is 46.2 Å². The molecule has 1 rings (SSSR count). The maximum Gasteiger partial charge on any atom is 0.150 e. The van der Waals surface area contributed by atoms with Gasteiger partial charge in [-0.2, -0.15) is 0 Å². The fourth-order valence-corrected chi connectivity index (χ4v) is 4.34. The van der Waals surface area contributed by atoms with Gasteiger partial charge in [0.15, 0.2) is 0 Å². The van der Waals surface area contributed by atoms with E-state index in [2.05, 4.69) is 12.2 Å². The maximum absolute atomic E-state index is 11.5. The number of sulfone groups is 1. The first-order valence-corrected chi connectivity index (χ1v) is 9.72. The predicted octanol–water partition coefficient (Wildman–Crippen LogP) is 3.01. The van der Waals surface area contributed by atoms with E-state index in [9.17, 15) is 8.42 Å². The van der Waals surface area contributed by atoms with Crippen LogP contribution in [0.4, 0.5) is 0 Å². The van der Waals surface area contributed by atoms with Crippen molar-refractivity contribution in [3.05, 3.63) is 0 Å². The van der Waals surface area contributed by atoms with Gasteiger partial charge in [-0.1, -0.05) is 26.7 Å². The van der Waals surface area contributed by atoms with Gasteiger partial charge in [-0.05, 0) is 51.0 Å². The van der Waals surface area contributed by atoms with Gasteiger partial charge in [0, 0.05) is 11.8 Å². The zero-order chi connectivity index (χ0) is 14.3. The van der Waals surface area contributed by atoms with E-state index in [0.29, 0.717) is 17.7 Å². The summed E-state index contributed by atoms with van der Waals surface area (Å²) in [6.45, 7) is 4.00. The summed E-state index contributed by atoms with van der Waals surface area (Å²) in [4.78, 5) is 0. The van der Waals surface area contributed by atoms with Gasteiger partial charge in [0.2, 0.25) is 0 Å². The summed E-state index contributed by atoms with van der Waals surface area (Å²) in [6.07, 6.45) is 8.37. The molecular formula is C15H31NO2S. The lowest BCUT2D eigenvalue weighted by molar-refractivity contribution is 0.191. The smallest absolute Gasteiger partial charge is 0.150 e. The van der Waals surface area contributed by atoms with Crippen LogP contribution in [0, 0.1) is 11.8 Å². The Hall–Kier alpha value is -0.0900. The molecule has 3 nitrogen and oxygen atoms in total. The Morgan fingerprint density at radius 3 is 2.47 bits per heavy atom. The summed E-state index contributed by atoms with van der Waals surface area (Å²) in [6, 6.07) is 0.595. The van der Waals surface area contributed by atoms with Crippen LogP contribution in [0.15, 0.2) is 0 Å². The third-order valence-electron chi connectivity index (χ3n) is 4.63. The molecule has 3 unspecified atom stereocenters. The average molecular weight is 289 g/mol. The Labute approximate surface area is 119 Å². The molecule has 0 heterocycles. The largest absolute Gasteiger partial charge is 0.317 e. The van der Waals surface area contributed by atoms with Crippen molar-refractivity contribution in [2.24, 2.45) is 11.8 Å². The molecule has 0 radical (unpaired) electrons. The van der Waals surface area contributed by atoms with Gasteiger partial charge in [0.1, 0.15) is 9.84 Å². The van der Waals surface area contributed by atoms with Crippen molar-refractivity contribution in [2.75, 3.05) is 18.6 Å². The van der Waals surface area contributed by atoms with Gasteiger partial charge in [-0.25, -0.2) is 8.42 Å². The Balaban J connectivity index is 2.43. The van der Waals surface area contributed by atoms with Gasteiger partial charge in [0.05, 0.1) is 5.75 Å². The highest BCUT2D eigenvalue weighted by Gasteiger charge is 2.28. The normalized spacial score (nSPS) is 28.5. The fourth-order valence-electron chi connectivity index (χ4n) is 3.44. The molecule has 1 fully saturated rings. The first kappa shape index (κ1) is 17.0. The molecule has 1 saturated carbocycles. The second-order valence-electron chi connectivity index (χ2n) is 6.00. The molecule has 0 bridgehead atoms. The molecular weight excluding hydrogens is 258 g/mol. The van der Waals surface area contributed by atoms with Crippen molar-refractivity contribution in [1.29, 1.82) is 0 Å². The minimum atomic E-state index is -2.79. The first-order valence-electron chi connectivity index (χ1n) is 7.90. The van der Waals surface area contributed by atoms with E-state index in [1.54, 1.807) is 6.92 Å². The molecule has 0 aromatic heterocycles. The molecule has 1 aliphatic carbocycles. The molecule has 0 aromatic carbocycles. The van der Waals surface area contributed by atoms with Crippen molar-refractivity contribution in [3.8, 4) is 0 Å². The Bertz CT molecular complexity index is 340. The molecule has 0 amide bonds.